The van der Waals surface area contributed by atoms with E-state index in [9.17, 15) is 26.7 Å². The average Bonchev–Trinajstić information content (AvgIpc) is 3.37. The van der Waals surface area contributed by atoms with Gasteiger partial charge >= 0.3 is 12.8 Å². The van der Waals surface area contributed by atoms with Gasteiger partial charge in [0.1, 0.15) is 11.8 Å². The summed E-state index contributed by atoms with van der Waals surface area (Å²) in [7, 11) is 0. The lowest BCUT2D eigenvalue weighted by molar-refractivity contribution is -0.142. The van der Waals surface area contributed by atoms with E-state index in [1.807, 2.05) is 0 Å². The number of amides is 1. The molecule has 3 rings (SSSR count). The Kier molecular flexibility index (Phi) is 6.09. The first-order chi connectivity index (χ1) is 13.5. The molecule has 1 aromatic carbocycles. The fraction of sp³-hybridized carbons (Fsp3) is 0.412. The van der Waals surface area contributed by atoms with Crippen LogP contribution in [0.3, 0.4) is 0 Å². The van der Waals surface area contributed by atoms with E-state index < -0.39 is 30.4 Å². The van der Waals surface area contributed by atoms with Gasteiger partial charge in [0.15, 0.2) is 5.69 Å². The van der Waals surface area contributed by atoms with Crippen LogP contribution in [-0.2, 0) is 11.0 Å². The Morgan fingerprint density at radius 2 is 2.03 bits per heavy atom. The van der Waals surface area contributed by atoms with Crippen molar-refractivity contribution in [2.75, 3.05) is 5.32 Å². The van der Waals surface area contributed by atoms with Crippen LogP contribution in [0.1, 0.15) is 43.1 Å². The molecule has 0 bridgehead atoms. The van der Waals surface area contributed by atoms with Gasteiger partial charge in [-0.3, -0.25) is 9.48 Å². The SMILES string of the molecule is CC(C(=O)Nc1ccc(OC(F)F)c(Cl)c1)n1nc(C(F)(F)F)c(Br)c1C1CC1. The molecular weight excluding hydrogens is 489 g/mol. The molecule has 1 saturated carbocycles. The smallest absolute Gasteiger partial charge is 0.433 e. The summed E-state index contributed by atoms with van der Waals surface area (Å²) < 4.78 is 69.4. The number of anilines is 1. The van der Waals surface area contributed by atoms with Crippen LogP contribution in [0.2, 0.25) is 5.02 Å². The summed E-state index contributed by atoms with van der Waals surface area (Å²) in [6.45, 7) is -1.65. The Bertz CT molecular complexity index is 931. The van der Waals surface area contributed by atoms with Crippen LogP contribution in [0.15, 0.2) is 22.7 Å². The van der Waals surface area contributed by atoms with Gasteiger partial charge in [-0.15, -0.1) is 0 Å². The van der Waals surface area contributed by atoms with E-state index >= 15 is 0 Å². The Labute approximate surface area is 175 Å². The highest BCUT2D eigenvalue weighted by atomic mass is 79.9. The lowest BCUT2D eigenvalue weighted by Gasteiger charge is -2.16. The Balaban J connectivity index is 1.83. The van der Waals surface area contributed by atoms with Gasteiger partial charge in [0.05, 0.1) is 15.2 Å². The maximum Gasteiger partial charge on any atom is 0.436 e. The number of ether oxygens (including phenoxy) is 1. The summed E-state index contributed by atoms with van der Waals surface area (Å²) in [6, 6.07) is 2.58. The maximum absolute atomic E-state index is 13.2. The minimum absolute atomic E-state index is 0.108. The average molecular weight is 503 g/mol. The minimum Gasteiger partial charge on any atom is -0.433 e. The number of nitrogens with zero attached hydrogens (tertiary/aromatic N) is 2. The first-order valence-corrected chi connectivity index (χ1v) is 9.56. The van der Waals surface area contributed by atoms with Crippen LogP contribution >= 0.6 is 27.5 Å². The normalized spacial score (nSPS) is 15.5. The number of aromatic nitrogens is 2. The van der Waals surface area contributed by atoms with E-state index in [1.165, 1.54) is 19.1 Å². The third-order valence-electron chi connectivity index (χ3n) is 4.28. The molecule has 1 N–H and O–H groups in total. The molecule has 1 unspecified atom stereocenters. The quantitative estimate of drug-likeness (QED) is 0.493. The topological polar surface area (TPSA) is 56.1 Å². The molecule has 0 saturated heterocycles. The molecule has 0 radical (unpaired) electrons. The number of carbonyl (C=O) groups is 1. The van der Waals surface area contributed by atoms with E-state index in [0.29, 0.717) is 18.5 Å². The first-order valence-electron chi connectivity index (χ1n) is 8.39. The standard InChI is InChI=1S/C17H14BrClF5N3O2/c1-7(15(28)25-9-4-5-11(10(19)6-9)29-16(20)21)27-13(8-2-3-8)12(18)14(26-27)17(22,23)24/h4-8,16H,2-3H2,1H3,(H,25,28). The van der Waals surface area contributed by atoms with Crippen molar-refractivity contribution < 1.29 is 31.5 Å². The van der Waals surface area contributed by atoms with Gasteiger partial charge in [0.25, 0.3) is 0 Å². The third-order valence-corrected chi connectivity index (χ3v) is 5.36. The van der Waals surface area contributed by atoms with Gasteiger partial charge in [-0.25, -0.2) is 0 Å². The molecule has 0 aliphatic heterocycles. The molecule has 1 heterocycles. The van der Waals surface area contributed by atoms with Crippen LogP contribution < -0.4 is 10.1 Å². The molecular formula is C17H14BrClF5N3O2. The molecule has 1 aliphatic rings. The number of alkyl halides is 5. The Morgan fingerprint density at radius 1 is 1.38 bits per heavy atom. The number of hydrogen-bond acceptors (Lipinski definition) is 3. The fourth-order valence-corrected chi connectivity index (χ4v) is 3.79. The molecule has 1 aliphatic carbocycles. The molecule has 12 heteroatoms. The molecule has 29 heavy (non-hydrogen) atoms. The molecule has 1 aromatic heterocycles. The van der Waals surface area contributed by atoms with Crippen LogP contribution in [0.5, 0.6) is 5.75 Å². The van der Waals surface area contributed by atoms with E-state index in [2.05, 4.69) is 31.1 Å². The third kappa shape index (κ3) is 4.82. The highest BCUT2D eigenvalue weighted by Crippen LogP contribution is 2.47. The second-order valence-corrected chi connectivity index (χ2v) is 7.65. The summed E-state index contributed by atoms with van der Waals surface area (Å²) in [5.74, 6) is -1.02. The second-order valence-electron chi connectivity index (χ2n) is 6.45. The van der Waals surface area contributed by atoms with Gasteiger partial charge in [0.2, 0.25) is 5.91 Å². The summed E-state index contributed by atoms with van der Waals surface area (Å²) in [5.41, 5.74) is -0.599. The van der Waals surface area contributed by atoms with Gasteiger partial charge < -0.3 is 10.1 Å². The van der Waals surface area contributed by atoms with Gasteiger partial charge in [-0.2, -0.15) is 27.1 Å². The van der Waals surface area contributed by atoms with Crippen molar-refractivity contribution in [2.24, 2.45) is 0 Å². The Hall–Kier alpha value is -1.88. The number of benzene rings is 1. The number of nitrogens with one attached hydrogen (secondary N) is 1. The molecule has 5 nitrogen and oxygen atoms in total. The van der Waals surface area contributed by atoms with Crippen LogP contribution in [0, 0.1) is 0 Å². The van der Waals surface area contributed by atoms with Gasteiger partial charge in [-0.1, -0.05) is 11.6 Å². The fourth-order valence-electron chi connectivity index (χ4n) is 2.75. The Morgan fingerprint density at radius 3 is 2.55 bits per heavy atom. The number of carbonyl (C=O) groups excluding carboxylic acids is 1. The molecule has 158 valence electrons. The predicted molar refractivity (Wildman–Crippen MR) is 98.3 cm³/mol. The van der Waals surface area contributed by atoms with Crippen LogP contribution in [0.4, 0.5) is 27.6 Å². The summed E-state index contributed by atoms with van der Waals surface area (Å²) in [6.07, 6.45) is -3.26. The van der Waals surface area contributed by atoms with Gasteiger partial charge in [0, 0.05) is 11.6 Å². The molecule has 2 aromatic rings. The summed E-state index contributed by atoms with van der Waals surface area (Å²) in [4.78, 5) is 12.6. The highest BCUT2D eigenvalue weighted by Gasteiger charge is 2.43. The number of hydrogen-bond donors (Lipinski definition) is 1. The zero-order valence-electron chi connectivity index (χ0n) is 14.7. The second kappa shape index (κ2) is 8.10. The van der Waals surface area contributed by atoms with Crippen molar-refractivity contribution in [3.8, 4) is 5.75 Å². The predicted octanol–water partition coefficient (Wildman–Crippen LogP) is 6.00. The zero-order chi connectivity index (χ0) is 21.5. The molecule has 1 atom stereocenters. The molecule has 0 spiro atoms. The lowest BCUT2D eigenvalue weighted by Crippen LogP contribution is -2.26. The first kappa shape index (κ1) is 21.8. The largest absolute Gasteiger partial charge is 0.436 e. The van der Waals surface area contributed by atoms with Crippen LogP contribution in [0.25, 0.3) is 0 Å². The van der Waals surface area contributed by atoms with Crippen molar-refractivity contribution in [2.45, 2.75) is 44.5 Å². The summed E-state index contributed by atoms with van der Waals surface area (Å²) in [5, 5.41) is 5.96. The van der Waals surface area contributed by atoms with Crippen molar-refractivity contribution in [1.29, 1.82) is 0 Å². The lowest BCUT2D eigenvalue weighted by atomic mass is 10.2. The van der Waals surface area contributed by atoms with E-state index in [1.54, 1.807) is 0 Å². The van der Waals surface area contributed by atoms with Crippen molar-refractivity contribution in [3.05, 3.63) is 39.1 Å². The highest BCUT2D eigenvalue weighted by molar-refractivity contribution is 9.10. The van der Waals surface area contributed by atoms with E-state index in [-0.39, 0.29) is 26.9 Å². The number of halogens is 7. The monoisotopic (exact) mass is 501 g/mol. The van der Waals surface area contributed by atoms with Gasteiger partial charge in [-0.05, 0) is 53.9 Å². The number of rotatable bonds is 6. The van der Waals surface area contributed by atoms with E-state index in [0.717, 1.165) is 10.7 Å². The van der Waals surface area contributed by atoms with Crippen molar-refractivity contribution in [1.82, 2.24) is 9.78 Å². The van der Waals surface area contributed by atoms with E-state index in [4.69, 9.17) is 11.6 Å². The summed E-state index contributed by atoms with van der Waals surface area (Å²) >= 11 is 8.82. The molecule has 1 amide bonds. The maximum atomic E-state index is 13.2. The van der Waals surface area contributed by atoms with Crippen LogP contribution in [-0.4, -0.2) is 22.3 Å². The minimum atomic E-state index is -4.67. The zero-order valence-corrected chi connectivity index (χ0v) is 17.1. The molecule has 1 fully saturated rings. The van der Waals surface area contributed by atoms with Crippen molar-refractivity contribution >= 4 is 39.1 Å². The van der Waals surface area contributed by atoms with Crippen molar-refractivity contribution in [3.63, 3.8) is 0 Å².